The van der Waals surface area contributed by atoms with Crippen LogP contribution in [-0.4, -0.2) is 83.8 Å². The smallest absolute Gasteiger partial charge is 0.407 e. The number of nitrogens with two attached hydrogens (primary N) is 1. The normalized spacial score (nSPS) is 21.9. The second-order valence-electron chi connectivity index (χ2n) is 11.1. The van der Waals surface area contributed by atoms with Gasteiger partial charge >= 0.3 is 6.09 Å². The van der Waals surface area contributed by atoms with E-state index in [4.69, 9.17) is 20.3 Å². The van der Waals surface area contributed by atoms with E-state index in [-0.39, 0.29) is 0 Å². The van der Waals surface area contributed by atoms with E-state index in [0.29, 0.717) is 49.2 Å². The quantitative estimate of drug-likeness (QED) is 0.434. The Morgan fingerprint density at radius 2 is 1.81 bits per heavy atom. The molecule has 2 aromatic rings. The first-order chi connectivity index (χ1) is 17.4. The third kappa shape index (κ3) is 5.57. The predicted molar refractivity (Wildman–Crippen MR) is 139 cm³/mol. The predicted octanol–water partition coefficient (Wildman–Crippen LogP) is 4.23. The van der Waals surface area contributed by atoms with Crippen LogP contribution in [0.3, 0.4) is 0 Å². The number of carboxylic acid groups (broad SMARTS) is 1. The highest BCUT2D eigenvalue weighted by molar-refractivity contribution is 5.84. The molecule has 3 aliphatic rings. The summed E-state index contributed by atoms with van der Waals surface area (Å²) in [6.07, 6.45) is 10.8. The summed E-state index contributed by atoms with van der Waals surface area (Å²) in [6.45, 7) is 5.85. The van der Waals surface area contributed by atoms with Crippen LogP contribution in [0.5, 0.6) is 5.75 Å². The molecule has 9 nitrogen and oxygen atoms in total. The van der Waals surface area contributed by atoms with Crippen molar-refractivity contribution in [3.63, 3.8) is 0 Å². The van der Waals surface area contributed by atoms with E-state index in [9.17, 15) is 9.90 Å². The molecule has 3 heterocycles. The Balaban J connectivity index is 1.09. The SMILES string of the molecule is COCCOc1cc2nn(C3CCN(CC4CCC5(CC4)CCN(C(=O)O)CC5)CC3)cc2cc1N. The van der Waals surface area contributed by atoms with Crippen molar-refractivity contribution in [3.8, 4) is 5.75 Å². The Kier molecular flexibility index (Phi) is 7.57. The topological polar surface area (TPSA) is 106 Å². The van der Waals surface area contributed by atoms with Crippen LogP contribution in [0.25, 0.3) is 10.9 Å². The van der Waals surface area contributed by atoms with Crippen LogP contribution >= 0.6 is 0 Å². The van der Waals surface area contributed by atoms with Crippen LogP contribution in [0.4, 0.5) is 10.5 Å². The summed E-state index contributed by atoms with van der Waals surface area (Å²) in [6, 6.07) is 4.31. The van der Waals surface area contributed by atoms with Gasteiger partial charge in [-0.05, 0) is 68.8 Å². The molecule has 1 amide bonds. The maximum atomic E-state index is 11.2. The number of aromatic nitrogens is 2. The number of piperidine rings is 2. The average molecular weight is 500 g/mol. The standard InChI is InChI=1S/C27H41N5O4/c1-35-14-15-36-25-17-24-21(16-23(25)28)19-32(29-24)22-4-10-30(11-5-22)18-20-2-6-27(7-3-20)8-12-31(13-9-27)26(33)34/h16-17,19-20,22H,2-15,18,28H2,1H3,(H,33,34). The minimum Gasteiger partial charge on any atom is -0.489 e. The number of anilines is 1. The molecule has 9 heteroatoms. The molecule has 0 unspecified atom stereocenters. The maximum absolute atomic E-state index is 11.2. The summed E-state index contributed by atoms with van der Waals surface area (Å²) in [5.41, 5.74) is 8.15. The third-order valence-corrected chi connectivity index (χ3v) is 8.91. The number of benzene rings is 1. The molecule has 36 heavy (non-hydrogen) atoms. The summed E-state index contributed by atoms with van der Waals surface area (Å²) < 4.78 is 12.9. The fraction of sp³-hybridized carbons (Fsp3) is 0.704. The number of nitrogen functional groups attached to an aromatic ring is 1. The van der Waals surface area contributed by atoms with Gasteiger partial charge in [-0.15, -0.1) is 0 Å². The minimum absolute atomic E-state index is 0.398. The summed E-state index contributed by atoms with van der Waals surface area (Å²) in [5, 5.41) is 15.2. The Morgan fingerprint density at radius 3 is 2.47 bits per heavy atom. The molecule has 1 aromatic heterocycles. The third-order valence-electron chi connectivity index (χ3n) is 8.91. The number of amides is 1. The molecule has 5 rings (SSSR count). The van der Waals surface area contributed by atoms with E-state index in [1.165, 1.54) is 32.2 Å². The van der Waals surface area contributed by atoms with Crippen molar-refractivity contribution in [3.05, 3.63) is 18.3 Å². The maximum Gasteiger partial charge on any atom is 0.407 e. The number of methoxy groups -OCH3 is 1. The van der Waals surface area contributed by atoms with E-state index in [0.717, 1.165) is 55.6 Å². The van der Waals surface area contributed by atoms with Gasteiger partial charge in [-0.3, -0.25) is 4.68 Å². The molecule has 2 aliphatic heterocycles. The number of fused-ring (bicyclic) bond motifs is 1. The molecule has 0 atom stereocenters. The van der Waals surface area contributed by atoms with Gasteiger partial charge in [0.2, 0.25) is 0 Å². The molecule has 1 saturated carbocycles. The van der Waals surface area contributed by atoms with Crippen molar-refractivity contribution in [2.45, 2.75) is 57.4 Å². The number of nitrogens with zero attached hydrogens (tertiary/aromatic N) is 4. The van der Waals surface area contributed by atoms with Crippen LogP contribution in [0, 0.1) is 11.3 Å². The Bertz CT molecular complexity index is 1030. The lowest BCUT2D eigenvalue weighted by molar-refractivity contribution is 0.0420. The van der Waals surface area contributed by atoms with Crippen molar-refractivity contribution in [1.29, 1.82) is 0 Å². The highest BCUT2D eigenvalue weighted by Crippen LogP contribution is 2.46. The second-order valence-corrected chi connectivity index (χ2v) is 11.1. The van der Waals surface area contributed by atoms with Crippen LogP contribution < -0.4 is 10.5 Å². The van der Waals surface area contributed by atoms with Crippen LogP contribution in [-0.2, 0) is 4.74 Å². The lowest BCUT2D eigenvalue weighted by atomic mass is 9.65. The fourth-order valence-corrected chi connectivity index (χ4v) is 6.51. The Hall–Kier alpha value is -2.52. The van der Waals surface area contributed by atoms with E-state index in [2.05, 4.69) is 15.8 Å². The van der Waals surface area contributed by atoms with E-state index in [1.807, 2.05) is 12.1 Å². The molecular weight excluding hydrogens is 458 g/mol. The number of rotatable bonds is 7. The average Bonchev–Trinajstić information content (AvgIpc) is 3.29. The Morgan fingerprint density at radius 1 is 1.08 bits per heavy atom. The first-order valence-electron chi connectivity index (χ1n) is 13.5. The van der Waals surface area contributed by atoms with Gasteiger partial charge in [0, 0.05) is 57.5 Å². The zero-order valence-electron chi connectivity index (χ0n) is 21.5. The lowest BCUT2D eigenvalue weighted by Crippen LogP contribution is -2.45. The summed E-state index contributed by atoms with van der Waals surface area (Å²) in [4.78, 5) is 15.5. The molecular formula is C27H41N5O4. The van der Waals surface area contributed by atoms with E-state index >= 15 is 0 Å². The van der Waals surface area contributed by atoms with Crippen molar-refractivity contribution in [2.24, 2.45) is 11.3 Å². The number of ether oxygens (including phenoxy) is 2. The monoisotopic (exact) mass is 499 g/mol. The van der Waals surface area contributed by atoms with E-state index < -0.39 is 6.09 Å². The minimum atomic E-state index is -0.758. The molecule has 1 aromatic carbocycles. The van der Waals surface area contributed by atoms with Crippen molar-refractivity contribution < 1.29 is 19.4 Å². The van der Waals surface area contributed by atoms with Crippen molar-refractivity contribution >= 4 is 22.7 Å². The molecule has 3 fully saturated rings. The first kappa shape index (κ1) is 25.1. The van der Waals surface area contributed by atoms with Crippen molar-refractivity contribution in [2.75, 3.05) is 58.8 Å². The van der Waals surface area contributed by atoms with Gasteiger partial charge in [-0.1, -0.05) is 0 Å². The van der Waals surface area contributed by atoms with Gasteiger partial charge in [-0.25, -0.2) is 4.79 Å². The van der Waals surface area contributed by atoms with Crippen LogP contribution in [0.1, 0.15) is 57.4 Å². The highest BCUT2D eigenvalue weighted by Gasteiger charge is 2.39. The van der Waals surface area contributed by atoms with Gasteiger partial charge in [-0.2, -0.15) is 5.10 Å². The summed E-state index contributed by atoms with van der Waals surface area (Å²) >= 11 is 0. The largest absolute Gasteiger partial charge is 0.489 e. The molecule has 198 valence electrons. The number of hydrogen-bond acceptors (Lipinski definition) is 6. The molecule has 2 saturated heterocycles. The zero-order chi connectivity index (χ0) is 25.1. The van der Waals surface area contributed by atoms with Crippen LogP contribution in [0.2, 0.25) is 0 Å². The molecule has 1 spiro atoms. The van der Waals surface area contributed by atoms with Gasteiger partial charge in [0.25, 0.3) is 0 Å². The number of carbonyl (C=O) groups is 1. The Labute approximate surface area is 213 Å². The molecule has 3 N–H and O–H groups in total. The first-order valence-corrected chi connectivity index (χ1v) is 13.5. The van der Waals surface area contributed by atoms with Gasteiger partial charge in [0.05, 0.1) is 23.9 Å². The highest BCUT2D eigenvalue weighted by atomic mass is 16.5. The molecule has 0 bridgehead atoms. The van der Waals surface area contributed by atoms with E-state index in [1.54, 1.807) is 12.0 Å². The van der Waals surface area contributed by atoms with Crippen LogP contribution in [0.15, 0.2) is 18.3 Å². The lowest BCUT2D eigenvalue weighted by Gasteiger charge is -2.46. The van der Waals surface area contributed by atoms with Gasteiger partial charge in [0.15, 0.2) is 0 Å². The van der Waals surface area contributed by atoms with Crippen molar-refractivity contribution in [1.82, 2.24) is 19.6 Å². The molecule has 0 radical (unpaired) electrons. The second kappa shape index (κ2) is 10.8. The number of likely N-dealkylation sites (tertiary alicyclic amines) is 2. The summed E-state index contributed by atoms with van der Waals surface area (Å²) in [7, 11) is 1.66. The van der Waals surface area contributed by atoms with Gasteiger partial charge < -0.3 is 30.1 Å². The van der Waals surface area contributed by atoms with Gasteiger partial charge in [0.1, 0.15) is 12.4 Å². The molecule has 1 aliphatic carbocycles. The summed E-state index contributed by atoms with van der Waals surface area (Å²) in [5.74, 6) is 1.44. The fourth-order valence-electron chi connectivity index (χ4n) is 6.51. The zero-order valence-corrected chi connectivity index (χ0v) is 21.5. The number of hydrogen-bond donors (Lipinski definition) is 2.